The van der Waals surface area contributed by atoms with E-state index in [1.165, 1.54) is 5.69 Å². The van der Waals surface area contributed by atoms with E-state index in [-0.39, 0.29) is 0 Å². The van der Waals surface area contributed by atoms with E-state index in [0.29, 0.717) is 10.9 Å². The normalized spacial score (nSPS) is 13.4. The van der Waals surface area contributed by atoms with E-state index in [9.17, 15) is 0 Å². The fourth-order valence-corrected chi connectivity index (χ4v) is 1.95. The number of aromatic nitrogens is 2. The summed E-state index contributed by atoms with van der Waals surface area (Å²) in [5.74, 6) is 0. The van der Waals surface area contributed by atoms with Gasteiger partial charge in [-0.15, -0.1) is 0 Å². The predicted octanol–water partition coefficient (Wildman–Crippen LogP) is 3.96. The van der Waals surface area contributed by atoms with Crippen molar-refractivity contribution >= 4 is 15.9 Å². The SMILES string of the molecule is CCC(CC)n1ccc(CCC(C)Br)n1. The molecule has 0 aliphatic rings. The van der Waals surface area contributed by atoms with Gasteiger partial charge in [-0.3, -0.25) is 4.68 Å². The van der Waals surface area contributed by atoms with Crippen molar-refractivity contribution in [1.82, 2.24) is 9.78 Å². The van der Waals surface area contributed by atoms with Gasteiger partial charge >= 0.3 is 0 Å². The van der Waals surface area contributed by atoms with Gasteiger partial charge in [0.25, 0.3) is 0 Å². The van der Waals surface area contributed by atoms with Crippen molar-refractivity contribution in [3.8, 4) is 0 Å². The highest BCUT2D eigenvalue weighted by molar-refractivity contribution is 9.09. The van der Waals surface area contributed by atoms with Crippen LogP contribution in [0.3, 0.4) is 0 Å². The lowest BCUT2D eigenvalue weighted by atomic mass is 10.2. The summed E-state index contributed by atoms with van der Waals surface area (Å²) in [6.45, 7) is 6.62. The molecule has 0 saturated heterocycles. The molecule has 0 bridgehead atoms. The van der Waals surface area contributed by atoms with Crippen molar-refractivity contribution in [3.63, 3.8) is 0 Å². The quantitative estimate of drug-likeness (QED) is 0.717. The van der Waals surface area contributed by atoms with Crippen molar-refractivity contribution < 1.29 is 0 Å². The molecule has 1 unspecified atom stereocenters. The van der Waals surface area contributed by atoms with Crippen LogP contribution >= 0.6 is 15.9 Å². The first-order valence-electron chi connectivity index (χ1n) is 5.85. The highest BCUT2D eigenvalue weighted by atomic mass is 79.9. The maximum atomic E-state index is 4.62. The first-order valence-corrected chi connectivity index (χ1v) is 6.77. The topological polar surface area (TPSA) is 17.8 Å². The maximum absolute atomic E-state index is 4.62. The van der Waals surface area contributed by atoms with Crippen molar-refractivity contribution in [2.24, 2.45) is 0 Å². The predicted molar refractivity (Wildman–Crippen MR) is 68.6 cm³/mol. The molecule has 86 valence electrons. The highest BCUT2D eigenvalue weighted by Crippen LogP contribution is 2.15. The highest BCUT2D eigenvalue weighted by Gasteiger charge is 2.08. The Hall–Kier alpha value is -0.310. The zero-order valence-corrected chi connectivity index (χ0v) is 11.5. The van der Waals surface area contributed by atoms with Crippen LogP contribution in [0.4, 0.5) is 0 Å². The Labute approximate surface area is 101 Å². The lowest BCUT2D eigenvalue weighted by Gasteiger charge is -2.12. The minimum Gasteiger partial charge on any atom is -0.269 e. The van der Waals surface area contributed by atoms with Gasteiger partial charge in [-0.1, -0.05) is 36.7 Å². The summed E-state index contributed by atoms with van der Waals surface area (Å²) in [6, 6.07) is 2.72. The summed E-state index contributed by atoms with van der Waals surface area (Å²) >= 11 is 3.56. The van der Waals surface area contributed by atoms with Crippen molar-refractivity contribution in [2.45, 2.75) is 57.3 Å². The summed E-state index contributed by atoms with van der Waals surface area (Å²) < 4.78 is 2.12. The number of aryl methyl sites for hydroxylation is 1. The molecule has 0 saturated carbocycles. The Morgan fingerprint density at radius 1 is 1.40 bits per heavy atom. The molecule has 2 nitrogen and oxygen atoms in total. The van der Waals surface area contributed by atoms with Crippen LogP contribution in [0, 0.1) is 0 Å². The Morgan fingerprint density at radius 3 is 2.60 bits per heavy atom. The molecule has 0 aliphatic carbocycles. The molecule has 1 atom stereocenters. The van der Waals surface area contributed by atoms with E-state index in [1.807, 2.05) is 0 Å². The van der Waals surface area contributed by atoms with Crippen molar-refractivity contribution in [2.75, 3.05) is 0 Å². The van der Waals surface area contributed by atoms with Gasteiger partial charge in [0.2, 0.25) is 0 Å². The molecule has 0 spiro atoms. The lowest BCUT2D eigenvalue weighted by Crippen LogP contribution is -2.08. The molecule has 1 rings (SSSR count). The molecule has 0 N–H and O–H groups in total. The molecule has 0 amide bonds. The van der Waals surface area contributed by atoms with E-state index in [0.717, 1.165) is 25.7 Å². The number of rotatable bonds is 6. The Bertz CT molecular complexity index is 277. The van der Waals surface area contributed by atoms with E-state index in [4.69, 9.17) is 0 Å². The fourth-order valence-electron chi connectivity index (χ4n) is 1.72. The summed E-state index contributed by atoms with van der Waals surface area (Å²) in [5, 5.41) is 4.62. The van der Waals surface area contributed by atoms with Gasteiger partial charge in [0, 0.05) is 11.0 Å². The maximum Gasteiger partial charge on any atom is 0.0625 e. The van der Waals surface area contributed by atoms with Crippen molar-refractivity contribution in [3.05, 3.63) is 18.0 Å². The molecule has 15 heavy (non-hydrogen) atoms. The summed E-state index contributed by atoms with van der Waals surface area (Å²) in [7, 11) is 0. The van der Waals surface area contributed by atoms with E-state index in [1.54, 1.807) is 0 Å². The zero-order chi connectivity index (χ0) is 11.3. The Kier molecular flexibility index (Phi) is 5.37. The average Bonchev–Trinajstić information content (AvgIpc) is 2.65. The molecular weight excluding hydrogens is 252 g/mol. The second-order valence-electron chi connectivity index (χ2n) is 4.08. The molecule has 0 radical (unpaired) electrons. The van der Waals surface area contributed by atoms with E-state index < -0.39 is 0 Å². The van der Waals surface area contributed by atoms with Gasteiger partial charge in [0.05, 0.1) is 11.7 Å². The van der Waals surface area contributed by atoms with E-state index >= 15 is 0 Å². The van der Waals surface area contributed by atoms with Crippen LogP contribution in [-0.4, -0.2) is 14.6 Å². The first kappa shape index (κ1) is 12.8. The standard InChI is InChI=1S/C12H21BrN2/c1-4-12(5-2)15-9-8-11(14-15)7-6-10(3)13/h8-10,12H,4-7H2,1-3H3. The first-order chi connectivity index (χ1) is 7.17. The van der Waals surface area contributed by atoms with Crippen LogP contribution in [0.2, 0.25) is 0 Å². The van der Waals surface area contributed by atoms with Crippen LogP contribution in [-0.2, 0) is 6.42 Å². The molecule has 0 aromatic carbocycles. The molecule has 1 aromatic rings. The van der Waals surface area contributed by atoms with Gasteiger partial charge in [-0.2, -0.15) is 5.10 Å². The van der Waals surface area contributed by atoms with Crippen LogP contribution in [0.15, 0.2) is 12.3 Å². The molecule has 0 aliphatic heterocycles. The fraction of sp³-hybridized carbons (Fsp3) is 0.750. The minimum absolute atomic E-state index is 0.570. The lowest BCUT2D eigenvalue weighted by molar-refractivity contribution is 0.425. The molecule has 0 fully saturated rings. The second kappa shape index (κ2) is 6.31. The van der Waals surface area contributed by atoms with E-state index in [2.05, 4.69) is 58.7 Å². The average molecular weight is 273 g/mol. The minimum atomic E-state index is 0.570. The zero-order valence-electron chi connectivity index (χ0n) is 9.91. The van der Waals surface area contributed by atoms with Gasteiger partial charge in [-0.25, -0.2) is 0 Å². The molecule has 3 heteroatoms. The number of hydrogen-bond acceptors (Lipinski definition) is 1. The smallest absolute Gasteiger partial charge is 0.0625 e. The van der Waals surface area contributed by atoms with Crippen LogP contribution in [0.1, 0.15) is 51.8 Å². The monoisotopic (exact) mass is 272 g/mol. The number of halogens is 1. The largest absolute Gasteiger partial charge is 0.269 e. The third-order valence-electron chi connectivity index (χ3n) is 2.78. The summed E-state index contributed by atoms with van der Waals surface area (Å²) in [6.07, 6.45) is 6.66. The Balaban J connectivity index is 2.55. The van der Waals surface area contributed by atoms with Crippen molar-refractivity contribution in [1.29, 1.82) is 0 Å². The van der Waals surface area contributed by atoms with Crippen LogP contribution in [0.25, 0.3) is 0 Å². The third-order valence-corrected chi connectivity index (χ3v) is 3.24. The van der Waals surface area contributed by atoms with Gasteiger partial charge in [0.1, 0.15) is 0 Å². The second-order valence-corrected chi connectivity index (χ2v) is 5.64. The number of alkyl halides is 1. The third kappa shape index (κ3) is 3.98. The summed E-state index contributed by atoms with van der Waals surface area (Å²) in [5.41, 5.74) is 1.22. The molecule has 1 heterocycles. The molecule has 1 aromatic heterocycles. The van der Waals surface area contributed by atoms with Gasteiger partial charge in [0.15, 0.2) is 0 Å². The van der Waals surface area contributed by atoms with Gasteiger partial charge in [-0.05, 0) is 31.7 Å². The Morgan fingerprint density at radius 2 is 2.07 bits per heavy atom. The van der Waals surface area contributed by atoms with Crippen LogP contribution < -0.4 is 0 Å². The number of nitrogens with zero attached hydrogens (tertiary/aromatic N) is 2. The van der Waals surface area contributed by atoms with Crippen LogP contribution in [0.5, 0.6) is 0 Å². The molecular formula is C12H21BrN2. The summed E-state index contributed by atoms with van der Waals surface area (Å²) in [4.78, 5) is 0.579. The number of hydrogen-bond donors (Lipinski definition) is 0. The van der Waals surface area contributed by atoms with Gasteiger partial charge < -0.3 is 0 Å².